The van der Waals surface area contributed by atoms with Gasteiger partial charge in [-0.1, -0.05) is 140 Å². The van der Waals surface area contributed by atoms with Gasteiger partial charge < -0.3 is 18.7 Å². The molecule has 6 heteroatoms. The van der Waals surface area contributed by atoms with Gasteiger partial charge in [-0.2, -0.15) is 0 Å². The largest absolute Gasteiger partial charge is 0.456 e. The summed E-state index contributed by atoms with van der Waals surface area (Å²) in [6.07, 6.45) is -0.494. The Morgan fingerprint density at radius 3 is 1.60 bits per heavy atom. The fourth-order valence-corrected chi connectivity index (χ4v) is 9.57. The Balaban J connectivity index is 0.946. The quantitative estimate of drug-likeness (QED) is 0.182. The summed E-state index contributed by atoms with van der Waals surface area (Å²) in [6, 6.07) is 72.1. The number of benzene rings is 9. The Hall–Kier alpha value is -8.48. The molecule has 1 aliphatic rings. The molecule has 0 unspecified atom stereocenters. The minimum absolute atomic E-state index is 0.494. The van der Waals surface area contributed by atoms with Crippen LogP contribution in [0.25, 0.3) is 93.6 Å². The average molecular weight is 809 g/mol. The molecule has 1 N–H and O–H groups in total. The van der Waals surface area contributed by atoms with Crippen LogP contribution >= 0.6 is 0 Å². The molecule has 0 amide bonds. The molecule has 0 saturated heterocycles. The van der Waals surface area contributed by atoms with Gasteiger partial charge in [-0.15, -0.1) is 0 Å². The minimum atomic E-state index is -0.494. The van der Waals surface area contributed by atoms with Crippen LogP contribution in [-0.2, 0) is 0 Å². The van der Waals surface area contributed by atoms with Crippen LogP contribution in [0.15, 0.2) is 225 Å². The Kier molecular flexibility index (Phi) is 7.87. The predicted molar refractivity (Wildman–Crippen MR) is 258 cm³/mol. The number of fused-ring (bicyclic) bond motifs is 9. The highest BCUT2D eigenvalue weighted by Crippen LogP contribution is 2.43. The highest BCUT2D eigenvalue weighted by molar-refractivity contribution is 6.18. The van der Waals surface area contributed by atoms with Crippen LogP contribution < -0.4 is 5.32 Å². The summed E-state index contributed by atoms with van der Waals surface area (Å²) < 4.78 is 15.4. The molecule has 0 aliphatic carbocycles. The molecule has 6 nitrogen and oxygen atoms in total. The van der Waals surface area contributed by atoms with Crippen molar-refractivity contribution in [3.05, 3.63) is 223 Å². The molecule has 1 aliphatic heterocycles. The average Bonchev–Trinajstić information content (AvgIpc) is 4.03. The van der Waals surface area contributed by atoms with Crippen LogP contribution in [0.3, 0.4) is 0 Å². The van der Waals surface area contributed by atoms with E-state index < -0.39 is 6.17 Å². The lowest BCUT2D eigenvalue weighted by molar-refractivity contribution is 0.667. The van der Waals surface area contributed by atoms with Crippen LogP contribution in [-0.4, -0.2) is 16.2 Å². The summed E-state index contributed by atoms with van der Waals surface area (Å²) in [4.78, 5) is 10.4. The standard InChI is InChI=1S/C57H36N4O2/c1-4-14-35(15-5-1)55-58-56(36-16-6-2-7-17-36)60-57(59-55)43-22-13-25-52-54(43)46-33-38(28-31-50(46)63-52)37-27-30-49-45(32-37)53-41(21-12-24-51(53)62-49)39-26-29-48-44(34-39)42-20-10-11-23-47(42)61(48)40-18-8-3-9-19-40/h1-34,57H,(H,58,59,60). The maximum Gasteiger partial charge on any atom is 0.170 e. The highest BCUT2D eigenvalue weighted by atomic mass is 16.3. The number of aromatic nitrogens is 1. The summed E-state index contributed by atoms with van der Waals surface area (Å²) in [7, 11) is 0. The second kappa shape index (κ2) is 14.0. The zero-order chi connectivity index (χ0) is 41.4. The Labute approximate surface area is 361 Å². The number of nitrogens with zero attached hydrogens (tertiary/aromatic N) is 3. The van der Waals surface area contributed by atoms with E-state index in [0.29, 0.717) is 0 Å². The minimum Gasteiger partial charge on any atom is -0.456 e. The lowest BCUT2D eigenvalue weighted by Gasteiger charge is -2.22. The van der Waals surface area contributed by atoms with E-state index in [1.165, 1.54) is 21.8 Å². The highest BCUT2D eigenvalue weighted by Gasteiger charge is 2.25. The summed E-state index contributed by atoms with van der Waals surface area (Å²) in [5.74, 6) is 1.55. The summed E-state index contributed by atoms with van der Waals surface area (Å²) in [5.41, 5.74) is 14.3. The lowest BCUT2D eigenvalue weighted by atomic mass is 9.95. The van der Waals surface area contributed by atoms with Gasteiger partial charge in [-0.3, -0.25) is 0 Å². The van der Waals surface area contributed by atoms with E-state index in [2.05, 4.69) is 168 Å². The molecule has 0 spiro atoms. The number of amidine groups is 2. The van der Waals surface area contributed by atoms with Crippen LogP contribution in [0.5, 0.6) is 0 Å². The van der Waals surface area contributed by atoms with E-state index in [1.807, 2.05) is 48.5 Å². The molecule has 0 fully saturated rings. The Morgan fingerprint density at radius 2 is 0.921 bits per heavy atom. The number of hydrogen-bond acceptors (Lipinski definition) is 5. The monoisotopic (exact) mass is 808 g/mol. The fourth-order valence-electron chi connectivity index (χ4n) is 9.57. The van der Waals surface area contributed by atoms with Crippen molar-refractivity contribution in [2.24, 2.45) is 9.98 Å². The molecular formula is C57H36N4O2. The van der Waals surface area contributed by atoms with Crippen molar-refractivity contribution in [2.75, 3.05) is 0 Å². The second-order valence-electron chi connectivity index (χ2n) is 16.1. The molecule has 0 bridgehead atoms. The Bertz CT molecular complexity index is 3770. The first-order valence-electron chi connectivity index (χ1n) is 21.3. The number of nitrogens with one attached hydrogen (secondary N) is 1. The maximum atomic E-state index is 6.56. The zero-order valence-corrected chi connectivity index (χ0v) is 33.9. The van der Waals surface area contributed by atoms with Crippen molar-refractivity contribution in [1.29, 1.82) is 0 Å². The van der Waals surface area contributed by atoms with Crippen LogP contribution in [0.1, 0.15) is 22.9 Å². The topological polar surface area (TPSA) is 68.0 Å². The first kappa shape index (κ1) is 35.3. The molecule has 296 valence electrons. The normalized spacial score (nSPS) is 13.3. The maximum absolute atomic E-state index is 6.56. The smallest absolute Gasteiger partial charge is 0.170 e. The van der Waals surface area contributed by atoms with Crippen LogP contribution in [0, 0.1) is 0 Å². The molecule has 0 radical (unpaired) electrons. The van der Waals surface area contributed by atoms with Gasteiger partial charge in [0.2, 0.25) is 0 Å². The van der Waals surface area contributed by atoms with Gasteiger partial charge in [-0.25, -0.2) is 9.98 Å². The fraction of sp³-hybridized carbons (Fsp3) is 0.0175. The van der Waals surface area contributed by atoms with E-state index >= 15 is 0 Å². The van der Waals surface area contributed by atoms with E-state index in [0.717, 1.165) is 100 Å². The first-order chi connectivity index (χ1) is 31.2. The van der Waals surface area contributed by atoms with Gasteiger partial charge in [0.15, 0.2) is 6.17 Å². The SMILES string of the molecule is c1ccc(C2=NC(c3cccc4oc5ccc(-c6ccc7oc8cccc(-c9ccc%10c(c9)c9ccccc9n%10-c9ccccc9)c8c7c6)cc5c34)N=C(c3ccccc3)N2)cc1. The van der Waals surface area contributed by atoms with Crippen LogP contribution in [0.2, 0.25) is 0 Å². The number of para-hydroxylation sites is 2. The molecule has 3 aromatic heterocycles. The first-order valence-corrected chi connectivity index (χ1v) is 21.3. The molecular weight excluding hydrogens is 773 g/mol. The molecule has 63 heavy (non-hydrogen) atoms. The molecule has 12 aromatic rings. The summed E-state index contributed by atoms with van der Waals surface area (Å²) in [6.45, 7) is 0. The third-order valence-corrected chi connectivity index (χ3v) is 12.5. The number of aliphatic imine (C=N–C) groups is 2. The van der Waals surface area contributed by atoms with Crippen molar-refractivity contribution in [3.63, 3.8) is 0 Å². The molecule has 0 saturated carbocycles. The Morgan fingerprint density at radius 1 is 0.381 bits per heavy atom. The van der Waals surface area contributed by atoms with Crippen molar-refractivity contribution < 1.29 is 8.83 Å². The third kappa shape index (κ3) is 5.73. The van der Waals surface area contributed by atoms with E-state index in [1.54, 1.807) is 0 Å². The van der Waals surface area contributed by atoms with Crippen molar-refractivity contribution in [1.82, 2.24) is 9.88 Å². The van der Waals surface area contributed by atoms with E-state index in [4.69, 9.17) is 18.8 Å². The van der Waals surface area contributed by atoms with Crippen molar-refractivity contribution in [2.45, 2.75) is 6.17 Å². The number of rotatable bonds is 6. The van der Waals surface area contributed by atoms with Gasteiger partial charge >= 0.3 is 0 Å². The van der Waals surface area contributed by atoms with E-state index in [9.17, 15) is 0 Å². The lowest BCUT2D eigenvalue weighted by Crippen LogP contribution is -2.36. The predicted octanol–water partition coefficient (Wildman–Crippen LogP) is 14.4. The molecule has 9 aromatic carbocycles. The number of hydrogen-bond donors (Lipinski definition) is 1. The van der Waals surface area contributed by atoms with E-state index in [-0.39, 0.29) is 0 Å². The van der Waals surface area contributed by atoms with Gasteiger partial charge in [-0.05, 0) is 89.0 Å². The van der Waals surface area contributed by atoms with Crippen molar-refractivity contribution >= 4 is 77.4 Å². The number of furan rings is 2. The second-order valence-corrected chi connectivity index (χ2v) is 16.1. The summed E-state index contributed by atoms with van der Waals surface area (Å²) >= 11 is 0. The van der Waals surface area contributed by atoms with Gasteiger partial charge in [0.1, 0.15) is 34.0 Å². The van der Waals surface area contributed by atoms with Gasteiger partial charge in [0.25, 0.3) is 0 Å². The zero-order valence-electron chi connectivity index (χ0n) is 33.9. The summed E-state index contributed by atoms with van der Waals surface area (Å²) in [5, 5.41) is 10.2. The van der Waals surface area contributed by atoms with Crippen LogP contribution in [0.4, 0.5) is 0 Å². The molecule has 4 heterocycles. The van der Waals surface area contributed by atoms with Gasteiger partial charge in [0.05, 0.1) is 11.0 Å². The van der Waals surface area contributed by atoms with Crippen molar-refractivity contribution in [3.8, 4) is 27.9 Å². The third-order valence-electron chi connectivity index (χ3n) is 12.5. The van der Waals surface area contributed by atoms with Gasteiger partial charge in [0, 0.05) is 54.7 Å². The molecule has 0 atom stereocenters. The molecule has 13 rings (SSSR count).